The Morgan fingerprint density at radius 1 is 1.47 bits per heavy atom. The van der Waals surface area contributed by atoms with Crippen molar-refractivity contribution in [3.63, 3.8) is 0 Å². The topological polar surface area (TPSA) is 30.5 Å². The molecule has 2 unspecified atom stereocenters. The summed E-state index contributed by atoms with van der Waals surface area (Å²) in [7, 11) is 0. The summed E-state index contributed by atoms with van der Waals surface area (Å²) < 4.78 is 11.1. The van der Waals surface area contributed by atoms with Crippen LogP contribution in [-0.2, 0) is 9.47 Å². The van der Waals surface area contributed by atoms with Crippen molar-refractivity contribution in [2.75, 3.05) is 26.4 Å². The Kier molecular flexibility index (Phi) is 5.91. The van der Waals surface area contributed by atoms with E-state index in [-0.39, 0.29) is 6.10 Å². The average molecular weight is 213 g/mol. The van der Waals surface area contributed by atoms with Crippen molar-refractivity contribution in [2.45, 2.75) is 38.8 Å². The van der Waals surface area contributed by atoms with Gasteiger partial charge < -0.3 is 14.8 Å². The fourth-order valence-electron chi connectivity index (χ4n) is 1.79. The van der Waals surface area contributed by atoms with Gasteiger partial charge in [-0.05, 0) is 19.4 Å². The molecule has 2 atom stereocenters. The molecule has 1 aliphatic rings. The van der Waals surface area contributed by atoms with E-state index in [1.807, 2.05) is 0 Å². The molecule has 0 bridgehead atoms. The van der Waals surface area contributed by atoms with Crippen molar-refractivity contribution in [1.29, 1.82) is 0 Å². The summed E-state index contributed by atoms with van der Waals surface area (Å²) >= 11 is 0. The highest BCUT2D eigenvalue weighted by Gasteiger charge is 2.24. The van der Waals surface area contributed by atoms with Gasteiger partial charge in [-0.3, -0.25) is 0 Å². The monoisotopic (exact) mass is 213 g/mol. The zero-order chi connectivity index (χ0) is 11.1. The van der Waals surface area contributed by atoms with E-state index < -0.39 is 0 Å². The van der Waals surface area contributed by atoms with Crippen molar-refractivity contribution in [3.05, 3.63) is 12.2 Å². The van der Waals surface area contributed by atoms with E-state index >= 15 is 0 Å². The number of hydrogen-bond donors (Lipinski definition) is 1. The molecule has 1 fully saturated rings. The quantitative estimate of drug-likeness (QED) is 0.682. The molecule has 88 valence electrons. The first kappa shape index (κ1) is 12.7. The standard InChI is InChI=1S/C12H23NO2/c1-4-10(3)8-11(13-5-2)12-9-14-6-7-15-12/h11-13H,3-9H2,1-2H3. The lowest BCUT2D eigenvalue weighted by atomic mass is 10.0. The van der Waals surface area contributed by atoms with Crippen molar-refractivity contribution in [1.82, 2.24) is 5.32 Å². The molecule has 1 rings (SSSR count). The van der Waals surface area contributed by atoms with Gasteiger partial charge in [-0.1, -0.05) is 26.0 Å². The molecule has 3 nitrogen and oxygen atoms in total. The van der Waals surface area contributed by atoms with Gasteiger partial charge in [0, 0.05) is 6.04 Å². The highest BCUT2D eigenvalue weighted by molar-refractivity contribution is 4.98. The Balaban J connectivity index is 2.43. The molecule has 0 spiro atoms. The Hall–Kier alpha value is -0.380. The molecule has 1 N–H and O–H groups in total. The lowest BCUT2D eigenvalue weighted by Gasteiger charge is -2.31. The minimum Gasteiger partial charge on any atom is -0.376 e. The Morgan fingerprint density at radius 2 is 2.27 bits per heavy atom. The maximum absolute atomic E-state index is 5.71. The normalized spacial score (nSPS) is 23.7. The molecule has 0 radical (unpaired) electrons. The molecule has 15 heavy (non-hydrogen) atoms. The second-order valence-corrected chi connectivity index (χ2v) is 3.96. The van der Waals surface area contributed by atoms with Crippen LogP contribution in [0, 0.1) is 0 Å². The van der Waals surface area contributed by atoms with E-state index in [1.54, 1.807) is 0 Å². The van der Waals surface area contributed by atoms with Crippen molar-refractivity contribution in [2.24, 2.45) is 0 Å². The summed E-state index contributed by atoms with van der Waals surface area (Å²) in [6, 6.07) is 0.350. The van der Waals surface area contributed by atoms with Gasteiger partial charge in [0.25, 0.3) is 0 Å². The van der Waals surface area contributed by atoms with Gasteiger partial charge in [-0.25, -0.2) is 0 Å². The highest BCUT2D eigenvalue weighted by atomic mass is 16.6. The summed E-state index contributed by atoms with van der Waals surface area (Å²) in [5.74, 6) is 0. The van der Waals surface area contributed by atoms with E-state index in [4.69, 9.17) is 9.47 Å². The van der Waals surface area contributed by atoms with Crippen molar-refractivity contribution in [3.8, 4) is 0 Å². The molecule has 1 heterocycles. The SMILES string of the molecule is C=C(CC)CC(NCC)C1COCCO1. The largest absolute Gasteiger partial charge is 0.376 e. The second-order valence-electron chi connectivity index (χ2n) is 3.96. The summed E-state index contributed by atoms with van der Waals surface area (Å²) in [6.45, 7) is 11.4. The van der Waals surface area contributed by atoms with Crippen LogP contribution >= 0.6 is 0 Å². The van der Waals surface area contributed by atoms with Crippen molar-refractivity contribution >= 4 is 0 Å². The predicted molar refractivity (Wildman–Crippen MR) is 62.1 cm³/mol. The maximum Gasteiger partial charge on any atom is 0.0965 e. The Bertz CT molecular complexity index is 188. The van der Waals surface area contributed by atoms with E-state index in [0.717, 1.165) is 26.0 Å². The molecule has 1 aliphatic heterocycles. The van der Waals surface area contributed by atoms with Gasteiger partial charge in [-0.15, -0.1) is 0 Å². The third-order valence-electron chi connectivity index (χ3n) is 2.77. The fraction of sp³-hybridized carbons (Fsp3) is 0.833. The first-order chi connectivity index (χ1) is 7.27. The van der Waals surface area contributed by atoms with E-state index in [0.29, 0.717) is 19.3 Å². The average Bonchev–Trinajstić information content (AvgIpc) is 2.29. The van der Waals surface area contributed by atoms with Gasteiger partial charge in [0.1, 0.15) is 0 Å². The predicted octanol–water partition coefficient (Wildman–Crippen LogP) is 1.74. The lowest BCUT2D eigenvalue weighted by Crippen LogP contribution is -2.46. The molecule has 0 aromatic carbocycles. The molecule has 0 aromatic heterocycles. The number of likely N-dealkylation sites (N-methyl/N-ethyl adjacent to an activating group) is 1. The van der Waals surface area contributed by atoms with Crippen LogP contribution in [-0.4, -0.2) is 38.5 Å². The molecular weight excluding hydrogens is 190 g/mol. The van der Waals surface area contributed by atoms with Gasteiger partial charge >= 0.3 is 0 Å². The maximum atomic E-state index is 5.71. The summed E-state index contributed by atoms with van der Waals surface area (Å²) in [6.07, 6.45) is 2.20. The van der Waals surface area contributed by atoms with Gasteiger partial charge in [0.2, 0.25) is 0 Å². The summed E-state index contributed by atoms with van der Waals surface area (Å²) in [5, 5.41) is 3.45. The van der Waals surface area contributed by atoms with Crippen LogP contribution in [0.15, 0.2) is 12.2 Å². The molecule has 0 aromatic rings. The third kappa shape index (κ3) is 4.33. The fourth-order valence-corrected chi connectivity index (χ4v) is 1.79. The first-order valence-electron chi connectivity index (χ1n) is 5.87. The van der Waals surface area contributed by atoms with Crippen LogP contribution in [0.3, 0.4) is 0 Å². The highest BCUT2D eigenvalue weighted by Crippen LogP contribution is 2.14. The van der Waals surface area contributed by atoms with Crippen molar-refractivity contribution < 1.29 is 9.47 Å². The Morgan fingerprint density at radius 3 is 2.80 bits per heavy atom. The number of ether oxygens (including phenoxy) is 2. The van der Waals surface area contributed by atoms with Crippen LogP contribution < -0.4 is 5.32 Å². The Labute approximate surface area is 92.8 Å². The smallest absolute Gasteiger partial charge is 0.0965 e. The van der Waals surface area contributed by atoms with Gasteiger partial charge in [0.15, 0.2) is 0 Å². The first-order valence-corrected chi connectivity index (χ1v) is 5.87. The van der Waals surface area contributed by atoms with Crippen LogP contribution in [0.2, 0.25) is 0 Å². The minimum atomic E-state index is 0.182. The number of hydrogen-bond acceptors (Lipinski definition) is 3. The minimum absolute atomic E-state index is 0.182. The molecule has 0 saturated carbocycles. The zero-order valence-electron chi connectivity index (χ0n) is 9.92. The number of nitrogens with one attached hydrogen (secondary N) is 1. The molecule has 3 heteroatoms. The van der Waals surface area contributed by atoms with E-state index in [9.17, 15) is 0 Å². The van der Waals surface area contributed by atoms with Gasteiger partial charge in [0.05, 0.1) is 25.9 Å². The number of rotatable bonds is 6. The second kappa shape index (κ2) is 6.99. The van der Waals surface area contributed by atoms with Gasteiger partial charge in [-0.2, -0.15) is 0 Å². The molecule has 0 amide bonds. The summed E-state index contributed by atoms with van der Waals surface area (Å²) in [5.41, 5.74) is 1.27. The van der Waals surface area contributed by atoms with E-state index in [2.05, 4.69) is 25.7 Å². The zero-order valence-corrected chi connectivity index (χ0v) is 9.92. The van der Waals surface area contributed by atoms with Crippen LogP contribution in [0.4, 0.5) is 0 Å². The van der Waals surface area contributed by atoms with Crippen LogP contribution in [0.5, 0.6) is 0 Å². The molecule has 0 aliphatic carbocycles. The van der Waals surface area contributed by atoms with E-state index in [1.165, 1.54) is 5.57 Å². The summed E-state index contributed by atoms with van der Waals surface area (Å²) in [4.78, 5) is 0. The van der Waals surface area contributed by atoms with Crippen LogP contribution in [0.25, 0.3) is 0 Å². The lowest BCUT2D eigenvalue weighted by molar-refractivity contribution is -0.101. The third-order valence-corrected chi connectivity index (χ3v) is 2.77. The molecular formula is C12H23NO2. The molecule has 1 saturated heterocycles. The van der Waals surface area contributed by atoms with Crippen LogP contribution in [0.1, 0.15) is 26.7 Å².